The van der Waals surface area contributed by atoms with Crippen LogP contribution < -0.4 is 10.0 Å². The molecule has 2 aromatic carbocycles. The zero-order chi connectivity index (χ0) is 22.3. The van der Waals surface area contributed by atoms with Gasteiger partial charge in [0.1, 0.15) is 5.82 Å². The van der Waals surface area contributed by atoms with Crippen LogP contribution in [0.25, 0.3) is 0 Å². The number of aryl methyl sites for hydroxylation is 1. The molecule has 0 saturated heterocycles. The molecule has 0 aliphatic rings. The van der Waals surface area contributed by atoms with Crippen molar-refractivity contribution < 1.29 is 37.0 Å². The molecule has 1 atom stereocenters. The van der Waals surface area contributed by atoms with Crippen LogP contribution >= 0.6 is 9.26 Å². The van der Waals surface area contributed by atoms with E-state index in [0.29, 0.717) is 22.5 Å². The summed E-state index contributed by atoms with van der Waals surface area (Å²) in [6.45, 7) is 3.21. The van der Waals surface area contributed by atoms with Gasteiger partial charge in [0.05, 0.1) is 11.6 Å². The smallest absolute Gasteiger partial charge is 0.326 e. The summed E-state index contributed by atoms with van der Waals surface area (Å²) < 4.78 is 99.2. The van der Waals surface area contributed by atoms with Gasteiger partial charge in [0.15, 0.2) is 0 Å². The monoisotopic (exact) mass is 462 g/mol. The average Bonchev–Trinajstić information content (AvgIpc) is 2.55. The quantitative estimate of drug-likeness (QED) is 0.419. The van der Waals surface area contributed by atoms with Gasteiger partial charge >= 0.3 is 18.3 Å². The third-order valence-electron chi connectivity index (χ3n) is 3.86. The van der Waals surface area contributed by atoms with Crippen LogP contribution in [0.1, 0.15) is 24.0 Å². The highest BCUT2D eigenvalue weighted by atomic mass is 33.3. The molecule has 0 saturated carbocycles. The predicted octanol–water partition coefficient (Wildman–Crippen LogP) is 5.83. The van der Waals surface area contributed by atoms with Crippen LogP contribution in [0.4, 0.5) is 35.2 Å². The van der Waals surface area contributed by atoms with E-state index < -0.39 is 41.6 Å². The summed E-state index contributed by atoms with van der Waals surface area (Å²) >= 11 is 0. The van der Waals surface area contributed by atoms with Gasteiger partial charge in [-0.05, 0) is 43.7 Å². The fourth-order valence-electron chi connectivity index (χ4n) is 2.14. The van der Waals surface area contributed by atoms with Crippen molar-refractivity contribution in [3.05, 3.63) is 59.4 Å². The average molecular weight is 462 g/mol. The van der Waals surface area contributed by atoms with E-state index in [-0.39, 0.29) is 5.56 Å². The van der Waals surface area contributed by atoms with Crippen LogP contribution in [0.3, 0.4) is 0 Å². The number of anilines is 2. The van der Waals surface area contributed by atoms with E-state index in [4.69, 9.17) is 0 Å². The highest BCUT2D eigenvalue weighted by molar-refractivity contribution is 8.98. The molecule has 0 aromatic heterocycles. The highest BCUT2D eigenvalue weighted by Crippen LogP contribution is 3.01. The SMILES string of the molecule is Cc1ccc(NC(=O)C(C)c2ccc(NS(=O)(=O)S(F)(F)(F)(F)F)c(F)c2)cc1. The maximum Gasteiger partial charge on any atom is 0.398 e. The summed E-state index contributed by atoms with van der Waals surface area (Å²) in [5, 5.41) is 2.55. The van der Waals surface area contributed by atoms with E-state index in [1.165, 1.54) is 6.92 Å². The van der Waals surface area contributed by atoms with Gasteiger partial charge < -0.3 is 5.32 Å². The van der Waals surface area contributed by atoms with E-state index in [1.54, 1.807) is 24.3 Å². The molecule has 0 fully saturated rings. The minimum Gasteiger partial charge on any atom is -0.326 e. The lowest BCUT2D eigenvalue weighted by Gasteiger charge is -2.38. The Kier molecular flexibility index (Phi) is 5.17. The Hall–Kier alpha value is -2.41. The number of hydrogen-bond donors (Lipinski definition) is 2. The van der Waals surface area contributed by atoms with Gasteiger partial charge in [-0.3, -0.25) is 9.52 Å². The first-order chi connectivity index (χ1) is 12.9. The second-order valence-electron chi connectivity index (χ2n) is 6.27. The summed E-state index contributed by atoms with van der Waals surface area (Å²) in [4.78, 5) is 12.3. The number of carbonyl (C=O) groups excluding carboxylic acids is 1. The van der Waals surface area contributed by atoms with Gasteiger partial charge in [-0.2, -0.15) is 8.42 Å². The molecule has 162 valence electrons. The molecule has 5 nitrogen and oxygen atoms in total. The molecule has 2 aromatic rings. The van der Waals surface area contributed by atoms with Crippen molar-refractivity contribution in [1.29, 1.82) is 0 Å². The molecule has 0 radical (unpaired) electrons. The highest BCUT2D eigenvalue weighted by Gasteiger charge is 2.77. The van der Waals surface area contributed by atoms with E-state index in [9.17, 15) is 37.0 Å². The first kappa shape index (κ1) is 22.9. The Balaban J connectivity index is 2.22. The first-order valence-electron chi connectivity index (χ1n) is 7.83. The minimum absolute atomic E-state index is 0.0117. The van der Waals surface area contributed by atoms with Crippen molar-refractivity contribution in [2.45, 2.75) is 19.8 Å². The van der Waals surface area contributed by atoms with E-state index >= 15 is 0 Å². The molecule has 0 spiro atoms. The molecule has 2 N–H and O–H groups in total. The molecule has 1 amide bonds. The van der Waals surface area contributed by atoms with Gasteiger partial charge in [-0.15, -0.1) is 0 Å². The fraction of sp³-hybridized carbons (Fsp3) is 0.188. The number of benzene rings is 2. The molecule has 0 bridgehead atoms. The lowest BCUT2D eigenvalue weighted by molar-refractivity contribution is -0.117. The van der Waals surface area contributed by atoms with Crippen molar-refractivity contribution in [3.63, 3.8) is 0 Å². The second kappa shape index (κ2) is 6.55. The largest absolute Gasteiger partial charge is 0.398 e. The Labute approximate surface area is 162 Å². The Morgan fingerprint density at radius 1 is 1.00 bits per heavy atom. The van der Waals surface area contributed by atoms with Crippen molar-refractivity contribution in [2.75, 3.05) is 10.0 Å². The fourth-order valence-corrected chi connectivity index (χ4v) is 3.47. The third kappa shape index (κ3) is 5.15. The van der Waals surface area contributed by atoms with Gasteiger partial charge in [0.2, 0.25) is 5.91 Å². The standard InChI is InChI=1S/C16H16F6N2O3S2/c1-10-3-6-13(7-4-10)23-16(25)11(2)12-5-8-15(14(17)9-12)24-28(26,27)29(18,19,20,21)22/h3-9,11,24H,1-2H3,(H,23,25). The van der Waals surface area contributed by atoms with E-state index in [1.807, 2.05) is 6.92 Å². The van der Waals surface area contributed by atoms with E-state index in [0.717, 1.165) is 11.6 Å². The van der Waals surface area contributed by atoms with Gasteiger partial charge in [0.25, 0.3) is 0 Å². The summed E-state index contributed by atoms with van der Waals surface area (Å²) in [7, 11) is -18.1. The van der Waals surface area contributed by atoms with Crippen LogP contribution in [0.2, 0.25) is 0 Å². The number of carbonyl (C=O) groups is 1. The van der Waals surface area contributed by atoms with Gasteiger partial charge in [0, 0.05) is 5.69 Å². The van der Waals surface area contributed by atoms with Crippen LogP contribution in [0, 0.1) is 12.7 Å². The minimum atomic E-state index is -11.0. The summed E-state index contributed by atoms with van der Waals surface area (Å²) in [6.07, 6.45) is 0. The summed E-state index contributed by atoms with van der Waals surface area (Å²) in [5.41, 5.74) is 0.0615. The molecule has 0 aliphatic carbocycles. The maximum atomic E-state index is 14.1. The molecule has 2 rings (SSSR count). The molecule has 0 heterocycles. The van der Waals surface area contributed by atoms with Crippen LogP contribution in [-0.4, -0.2) is 14.3 Å². The van der Waals surface area contributed by atoms with Crippen molar-refractivity contribution in [3.8, 4) is 0 Å². The third-order valence-corrected chi connectivity index (χ3v) is 7.89. The second-order valence-corrected chi connectivity index (χ2v) is 12.4. The summed E-state index contributed by atoms with van der Waals surface area (Å²) in [5.74, 6) is -3.11. The predicted molar refractivity (Wildman–Crippen MR) is 100 cm³/mol. The number of halogens is 6. The van der Waals surface area contributed by atoms with Gasteiger partial charge in [-0.1, -0.05) is 43.2 Å². The number of rotatable bonds is 6. The zero-order valence-electron chi connectivity index (χ0n) is 14.9. The summed E-state index contributed by atoms with van der Waals surface area (Å²) in [6, 6.07) is 8.78. The van der Waals surface area contributed by atoms with Crippen molar-refractivity contribution >= 4 is 35.6 Å². The number of amides is 1. The van der Waals surface area contributed by atoms with Crippen LogP contribution in [-0.2, 0) is 13.8 Å². The van der Waals surface area contributed by atoms with Crippen molar-refractivity contribution in [2.24, 2.45) is 0 Å². The lowest BCUT2D eigenvalue weighted by atomic mass is 9.99. The maximum absolute atomic E-state index is 14.1. The van der Waals surface area contributed by atoms with E-state index in [2.05, 4.69) is 5.32 Å². The van der Waals surface area contributed by atoms with Crippen LogP contribution in [0.15, 0.2) is 42.5 Å². The van der Waals surface area contributed by atoms with Crippen molar-refractivity contribution in [1.82, 2.24) is 0 Å². The number of nitrogens with one attached hydrogen (secondary N) is 2. The lowest BCUT2D eigenvalue weighted by Crippen LogP contribution is -2.27. The Morgan fingerprint density at radius 3 is 2.03 bits per heavy atom. The number of hydrogen-bond acceptors (Lipinski definition) is 3. The normalized spacial score (nSPS) is 15.7. The zero-order valence-corrected chi connectivity index (χ0v) is 16.6. The Morgan fingerprint density at radius 2 is 1.55 bits per heavy atom. The molecular formula is C16H16F6N2O3S2. The first-order valence-corrected chi connectivity index (χ1v) is 11.8. The van der Waals surface area contributed by atoms with Gasteiger partial charge in [-0.25, -0.2) is 4.39 Å². The molecule has 13 heteroatoms. The molecule has 1 unspecified atom stereocenters. The Bertz CT molecular complexity index is 1060. The topological polar surface area (TPSA) is 75.3 Å². The molecule has 0 aliphatic heterocycles. The molecule has 29 heavy (non-hydrogen) atoms. The molecular weight excluding hydrogens is 446 g/mol. The van der Waals surface area contributed by atoms with Crippen LogP contribution in [0.5, 0.6) is 0 Å².